The smallest absolute Gasteiger partial charge is 0.398 e. The van der Waals surface area contributed by atoms with Gasteiger partial charge in [-0.2, -0.15) is 8.42 Å². The quantitative estimate of drug-likeness (QED) is 0.0320. The summed E-state index contributed by atoms with van der Waals surface area (Å²) in [4.78, 5) is 39.0. The zero-order valence-corrected chi connectivity index (χ0v) is 26.1. The topological polar surface area (TPSA) is 251 Å². The Morgan fingerprint density at radius 1 is 0.854 bits per heavy atom. The standard InChI is InChI=1S/C30H30O17S/c1-16-12-18(5-11-25(32)33)4-8-21(16)43-28(29(35)36)27(46-48(38,39)40)20-7-10-23(24(14-20)41-3)44-30(42-15-31)26(34)19-6-9-22(45-47-37)17(2)13-19/h4-15,26-28,30,34,37H,1-3H3,(H,32,33)(H,35,36)(H,38,39,40)/b11-5+. The average molecular weight is 695 g/mol. The number of methoxy groups -OCH3 is 1. The summed E-state index contributed by atoms with van der Waals surface area (Å²) in [5.41, 5.74) is 1.19. The zero-order valence-electron chi connectivity index (χ0n) is 25.3. The maximum absolute atomic E-state index is 12.4. The first kappa shape index (κ1) is 37.2. The summed E-state index contributed by atoms with van der Waals surface area (Å²) in [6.07, 6.45) is -5.22. The lowest BCUT2D eigenvalue weighted by atomic mass is 10.0. The van der Waals surface area contributed by atoms with E-state index in [0.717, 1.165) is 24.3 Å². The monoisotopic (exact) mass is 694 g/mol. The molecular weight excluding hydrogens is 664 g/mol. The van der Waals surface area contributed by atoms with Gasteiger partial charge in [0.25, 0.3) is 12.8 Å². The number of carboxylic acids is 2. The Kier molecular flexibility index (Phi) is 12.8. The fourth-order valence-corrected chi connectivity index (χ4v) is 4.79. The SMILES string of the molecule is COc1cc(C(OS(=O)(=O)O)C(Oc2ccc(/C=C/C(=O)O)cc2C)C(=O)O)ccc1OC(OC=O)C(O)c1ccc(OOO)c(C)c1. The molecule has 0 aromatic heterocycles. The van der Waals surface area contributed by atoms with Crippen molar-refractivity contribution in [2.24, 2.45) is 0 Å². The third kappa shape index (κ3) is 10.1. The van der Waals surface area contributed by atoms with Crippen molar-refractivity contribution in [2.75, 3.05) is 7.11 Å². The highest BCUT2D eigenvalue weighted by Crippen LogP contribution is 2.37. The number of carbonyl (C=O) groups is 3. The van der Waals surface area contributed by atoms with Gasteiger partial charge in [-0.3, -0.25) is 9.35 Å². The van der Waals surface area contributed by atoms with Crippen LogP contribution in [0.5, 0.6) is 23.0 Å². The predicted molar refractivity (Wildman–Crippen MR) is 160 cm³/mol. The number of benzene rings is 3. The number of aliphatic hydroxyl groups is 1. The van der Waals surface area contributed by atoms with Crippen LogP contribution in [0.3, 0.4) is 0 Å². The number of carboxylic acid groups (broad SMARTS) is 2. The van der Waals surface area contributed by atoms with Crippen molar-refractivity contribution in [1.29, 1.82) is 0 Å². The lowest BCUT2D eigenvalue weighted by Gasteiger charge is -2.26. The first-order valence-electron chi connectivity index (χ1n) is 13.4. The lowest BCUT2D eigenvalue weighted by molar-refractivity contribution is -0.439. The van der Waals surface area contributed by atoms with E-state index in [-0.39, 0.29) is 40.6 Å². The van der Waals surface area contributed by atoms with Crippen molar-refractivity contribution in [3.63, 3.8) is 0 Å². The summed E-state index contributed by atoms with van der Waals surface area (Å²) in [7, 11) is -4.11. The zero-order chi connectivity index (χ0) is 35.6. The molecule has 0 radical (unpaired) electrons. The van der Waals surface area contributed by atoms with E-state index in [1.807, 2.05) is 0 Å². The Bertz CT molecular complexity index is 1750. The second-order valence-electron chi connectivity index (χ2n) is 9.77. The summed E-state index contributed by atoms with van der Waals surface area (Å²) >= 11 is 0. The van der Waals surface area contributed by atoms with E-state index >= 15 is 0 Å². The molecule has 5 N–H and O–H groups in total. The molecule has 3 aromatic rings. The van der Waals surface area contributed by atoms with Crippen molar-refractivity contribution in [2.45, 2.75) is 38.4 Å². The molecule has 0 saturated heterocycles. The van der Waals surface area contributed by atoms with E-state index in [1.165, 1.54) is 56.5 Å². The maximum atomic E-state index is 12.4. The Hall–Kier alpha value is -5.24. The molecule has 0 aliphatic heterocycles. The fourth-order valence-electron chi connectivity index (χ4n) is 4.32. The Balaban J connectivity index is 1.98. The van der Waals surface area contributed by atoms with Crippen molar-refractivity contribution in [3.05, 3.63) is 88.5 Å². The van der Waals surface area contributed by atoms with E-state index in [2.05, 4.69) is 9.93 Å². The summed E-state index contributed by atoms with van der Waals surface area (Å²) in [5.74, 6) is -3.16. The van der Waals surface area contributed by atoms with Crippen LogP contribution in [0.25, 0.3) is 6.08 Å². The number of aryl methyl sites for hydroxylation is 2. The third-order valence-electron chi connectivity index (χ3n) is 6.49. The Labute approximate surface area is 272 Å². The van der Waals surface area contributed by atoms with Crippen LogP contribution < -0.4 is 19.1 Å². The van der Waals surface area contributed by atoms with E-state index in [4.69, 9.17) is 33.5 Å². The highest BCUT2D eigenvalue weighted by molar-refractivity contribution is 7.80. The van der Waals surface area contributed by atoms with Gasteiger partial charge in [-0.1, -0.05) is 18.2 Å². The van der Waals surface area contributed by atoms with Crippen LogP contribution in [-0.2, 0) is 38.7 Å². The van der Waals surface area contributed by atoms with Gasteiger partial charge in [0.2, 0.25) is 6.10 Å². The van der Waals surface area contributed by atoms with Gasteiger partial charge in [-0.05, 0) is 89.2 Å². The van der Waals surface area contributed by atoms with Gasteiger partial charge in [0.05, 0.1) is 7.11 Å². The van der Waals surface area contributed by atoms with Crippen LogP contribution in [-0.4, -0.2) is 71.5 Å². The van der Waals surface area contributed by atoms with Crippen LogP contribution in [0.4, 0.5) is 0 Å². The minimum Gasteiger partial charge on any atom is -0.493 e. The Morgan fingerprint density at radius 2 is 1.50 bits per heavy atom. The van der Waals surface area contributed by atoms with E-state index in [9.17, 15) is 37.6 Å². The van der Waals surface area contributed by atoms with Gasteiger partial charge in [-0.15, -0.1) is 0 Å². The highest BCUT2D eigenvalue weighted by atomic mass is 32.3. The second-order valence-corrected chi connectivity index (χ2v) is 10.8. The number of hydrogen-bond acceptors (Lipinski definition) is 14. The first-order chi connectivity index (χ1) is 22.7. The summed E-state index contributed by atoms with van der Waals surface area (Å²) in [6, 6.07) is 11.8. The number of rotatable bonds is 18. The number of aliphatic hydroxyl groups excluding tert-OH is 1. The van der Waals surface area contributed by atoms with Gasteiger partial charge in [-0.25, -0.2) is 19.0 Å². The number of ether oxygens (including phenoxy) is 4. The molecule has 48 heavy (non-hydrogen) atoms. The molecule has 258 valence electrons. The van der Waals surface area contributed by atoms with Crippen molar-refractivity contribution in [3.8, 4) is 23.0 Å². The molecule has 0 amide bonds. The van der Waals surface area contributed by atoms with Crippen LogP contribution in [0, 0.1) is 13.8 Å². The third-order valence-corrected chi connectivity index (χ3v) is 6.94. The molecule has 0 spiro atoms. The summed E-state index contributed by atoms with van der Waals surface area (Å²) in [6.45, 7) is 3.11. The summed E-state index contributed by atoms with van der Waals surface area (Å²) in [5, 5.41) is 42.0. The molecule has 18 heteroatoms. The first-order valence-corrected chi connectivity index (χ1v) is 14.8. The fraction of sp³-hybridized carbons (Fsp3) is 0.233. The molecule has 0 fully saturated rings. The van der Waals surface area contributed by atoms with Gasteiger partial charge >= 0.3 is 22.3 Å². The molecule has 4 unspecified atom stereocenters. The summed E-state index contributed by atoms with van der Waals surface area (Å²) < 4.78 is 59.5. The number of carbonyl (C=O) groups excluding carboxylic acids is 1. The van der Waals surface area contributed by atoms with Gasteiger partial charge in [0.15, 0.2) is 29.5 Å². The number of aliphatic carboxylic acids is 2. The van der Waals surface area contributed by atoms with Crippen LogP contribution >= 0.6 is 0 Å². The van der Waals surface area contributed by atoms with Gasteiger partial charge in [0, 0.05) is 6.08 Å². The number of hydrogen-bond donors (Lipinski definition) is 5. The molecule has 17 nitrogen and oxygen atoms in total. The molecule has 3 rings (SSSR count). The lowest BCUT2D eigenvalue weighted by Crippen LogP contribution is -2.36. The molecule has 0 aliphatic rings. The van der Waals surface area contributed by atoms with Crippen LogP contribution in [0.1, 0.15) is 40.0 Å². The van der Waals surface area contributed by atoms with Crippen molar-refractivity contribution in [1.82, 2.24) is 0 Å². The minimum absolute atomic E-state index is 0.0143. The predicted octanol–water partition coefficient (Wildman–Crippen LogP) is 3.20. The Morgan fingerprint density at radius 3 is 2.06 bits per heavy atom. The van der Waals surface area contributed by atoms with E-state index < -0.39 is 46.9 Å². The normalized spacial score (nSPS) is 14.0. The molecule has 0 heterocycles. The van der Waals surface area contributed by atoms with Crippen LogP contribution in [0.2, 0.25) is 0 Å². The average Bonchev–Trinajstić information content (AvgIpc) is 3.02. The second kappa shape index (κ2) is 16.5. The van der Waals surface area contributed by atoms with Crippen LogP contribution in [0.15, 0.2) is 60.7 Å². The van der Waals surface area contributed by atoms with Crippen molar-refractivity contribution >= 4 is 34.9 Å². The molecule has 3 aromatic carbocycles. The molecule has 0 saturated carbocycles. The highest BCUT2D eigenvalue weighted by Gasteiger charge is 2.37. The van der Waals surface area contributed by atoms with Crippen molar-refractivity contribution < 1.29 is 81.0 Å². The van der Waals surface area contributed by atoms with E-state index in [0.29, 0.717) is 16.7 Å². The largest absolute Gasteiger partial charge is 0.493 e. The maximum Gasteiger partial charge on any atom is 0.398 e. The minimum atomic E-state index is -5.29. The van der Waals surface area contributed by atoms with E-state index in [1.54, 1.807) is 6.92 Å². The molecule has 0 bridgehead atoms. The van der Waals surface area contributed by atoms with Gasteiger partial charge in [0.1, 0.15) is 5.75 Å². The molecule has 4 atom stereocenters. The van der Waals surface area contributed by atoms with Gasteiger partial charge < -0.3 is 39.2 Å². The molecular formula is C30H30O17S. The molecule has 0 aliphatic carbocycles.